The van der Waals surface area contributed by atoms with Crippen LogP contribution in [-0.2, 0) is 23.6 Å². The highest BCUT2D eigenvalue weighted by molar-refractivity contribution is 7.89. The van der Waals surface area contributed by atoms with Crippen LogP contribution in [0.25, 0.3) is 0 Å². The highest BCUT2D eigenvalue weighted by Gasteiger charge is 2.16. The summed E-state index contributed by atoms with van der Waals surface area (Å²) in [7, 11) is 1.84. The van der Waals surface area contributed by atoms with Gasteiger partial charge in [-0.15, -0.1) is 0 Å². The number of hydrogen-bond donors (Lipinski definition) is 1. The Morgan fingerprint density at radius 1 is 1.40 bits per heavy atom. The molecule has 0 aromatic carbocycles. The van der Waals surface area contributed by atoms with Gasteiger partial charge in [0.1, 0.15) is 10.7 Å². The van der Waals surface area contributed by atoms with Gasteiger partial charge in [0.2, 0.25) is 10.0 Å². The van der Waals surface area contributed by atoms with E-state index in [1.807, 2.05) is 25.1 Å². The summed E-state index contributed by atoms with van der Waals surface area (Å²) >= 11 is 0. The highest BCUT2D eigenvalue weighted by Crippen LogP contribution is 2.15. The van der Waals surface area contributed by atoms with Crippen molar-refractivity contribution in [1.82, 2.24) is 19.5 Å². The fourth-order valence-corrected chi connectivity index (χ4v) is 2.75. The molecule has 0 aliphatic heterocycles. The molecule has 7 nitrogen and oxygen atoms in total. The average molecular weight is 295 g/mol. The van der Waals surface area contributed by atoms with Crippen molar-refractivity contribution in [3.8, 4) is 0 Å². The third-order valence-electron chi connectivity index (χ3n) is 2.74. The number of hydrogen-bond acceptors (Lipinski definition) is 5. The van der Waals surface area contributed by atoms with E-state index >= 15 is 0 Å². The van der Waals surface area contributed by atoms with Crippen molar-refractivity contribution in [1.29, 1.82) is 0 Å². The van der Waals surface area contributed by atoms with Crippen molar-refractivity contribution in [2.75, 3.05) is 19.0 Å². The summed E-state index contributed by atoms with van der Waals surface area (Å²) in [5.74, 6) is 0.737. The smallest absolute Gasteiger partial charge is 0.243 e. The van der Waals surface area contributed by atoms with E-state index in [2.05, 4.69) is 14.8 Å². The number of aryl methyl sites for hydroxylation is 1. The predicted octanol–water partition coefficient (Wildman–Crippen LogP) is 0.360. The van der Waals surface area contributed by atoms with E-state index in [-0.39, 0.29) is 11.4 Å². The number of anilines is 1. The SMILES string of the molecule is CN(C)c1ncccc1CNS(=O)(=O)c1cnn(C)c1. The minimum absolute atomic E-state index is 0.148. The summed E-state index contributed by atoms with van der Waals surface area (Å²) in [6, 6.07) is 3.62. The number of sulfonamides is 1. The van der Waals surface area contributed by atoms with Gasteiger partial charge in [0.25, 0.3) is 0 Å². The third-order valence-corrected chi connectivity index (χ3v) is 4.09. The van der Waals surface area contributed by atoms with Gasteiger partial charge in [-0.1, -0.05) is 6.07 Å². The maximum Gasteiger partial charge on any atom is 0.243 e. The molecule has 0 aliphatic rings. The summed E-state index contributed by atoms with van der Waals surface area (Å²) in [6.45, 7) is 0.179. The first-order chi connectivity index (χ1) is 9.40. The molecule has 0 spiro atoms. The van der Waals surface area contributed by atoms with E-state index < -0.39 is 10.0 Å². The average Bonchev–Trinajstić information content (AvgIpc) is 2.84. The second-order valence-corrected chi connectivity index (χ2v) is 6.32. The van der Waals surface area contributed by atoms with Gasteiger partial charge in [-0.2, -0.15) is 5.10 Å². The standard InChI is InChI=1S/C12H17N5O2S/c1-16(2)12-10(5-4-6-13-12)7-15-20(18,19)11-8-14-17(3)9-11/h4-6,8-9,15H,7H2,1-3H3. The second kappa shape index (κ2) is 5.59. The van der Waals surface area contributed by atoms with Crippen LogP contribution in [-0.4, -0.2) is 37.3 Å². The second-order valence-electron chi connectivity index (χ2n) is 4.55. The first-order valence-electron chi connectivity index (χ1n) is 5.99. The highest BCUT2D eigenvalue weighted by atomic mass is 32.2. The van der Waals surface area contributed by atoms with Crippen molar-refractivity contribution in [3.05, 3.63) is 36.3 Å². The van der Waals surface area contributed by atoms with Gasteiger partial charge in [-0.25, -0.2) is 18.1 Å². The normalized spacial score (nSPS) is 11.6. The topological polar surface area (TPSA) is 80.1 Å². The maximum absolute atomic E-state index is 12.1. The number of pyridine rings is 1. The van der Waals surface area contributed by atoms with Crippen molar-refractivity contribution >= 4 is 15.8 Å². The molecule has 0 saturated heterocycles. The van der Waals surface area contributed by atoms with Gasteiger partial charge in [-0.3, -0.25) is 4.68 Å². The van der Waals surface area contributed by atoms with Crippen LogP contribution < -0.4 is 9.62 Å². The summed E-state index contributed by atoms with van der Waals surface area (Å²) in [4.78, 5) is 6.22. The molecule has 0 atom stereocenters. The van der Waals surface area contributed by atoms with Crippen LogP contribution in [0.2, 0.25) is 0 Å². The van der Waals surface area contributed by atoms with E-state index in [9.17, 15) is 8.42 Å². The molecule has 2 aromatic heterocycles. The molecule has 0 aliphatic carbocycles. The lowest BCUT2D eigenvalue weighted by Crippen LogP contribution is -2.24. The molecule has 8 heteroatoms. The van der Waals surface area contributed by atoms with Crippen LogP contribution in [0.3, 0.4) is 0 Å². The fourth-order valence-electron chi connectivity index (χ4n) is 1.76. The van der Waals surface area contributed by atoms with Crippen LogP contribution >= 0.6 is 0 Å². The molecule has 0 radical (unpaired) electrons. The van der Waals surface area contributed by atoms with Crippen molar-refractivity contribution in [2.45, 2.75) is 11.4 Å². The molecule has 0 unspecified atom stereocenters. The minimum Gasteiger partial charge on any atom is -0.362 e. The Bertz CT molecular complexity index is 693. The van der Waals surface area contributed by atoms with Gasteiger partial charge < -0.3 is 4.90 Å². The quantitative estimate of drug-likeness (QED) is 0.861. The first-order valence-corrected chi connectivity index (χ1v) is 7.48. The Morgan fingerprint density at radius 2 is 2.15 bits per heavy atom. The van der Waals surface area contributed by atoms with Gasteiger partial charge in [0.05, 0.1) is 6.20 Å². The maximum atomic E-state index is 12.1. The van der Waals surface area contributed by atoms with Crippen LogP contribution in [0, 0.1) is 0 Å². The number of nitrogens with zero attached hydrogens (tertiary/aromatic N) is 4. The molecule has 20 heavy (non-hydrogen) atoms. The van der Waals surface area contributed by atoms with E-state index in [4.69, 9.17) is 0 Å². The molecule has 2 rings (SSSR count). The molecule has 0 saturated carbocycles. The zero-order valence-electron chi connectivity index (χ0n) is 11.6. The molecule has 108 valence electrons. The van der Waals surface area contributed by atoms with E-state index in [1.54, 1.807) is 19.3 Å². The van der Waals surface area contributed by atoms with Gasteiger partial charge in [-0.05, 0) is 6.07 Å². The van der Waals surface area contributed by atoms with Crippen LogP contribution in [0.5, 0.6) is 0 Å². The summed E-state index contributed by atoms with van der Waals surface area (Å²) in [5, 5.41) is 3.86. The predicted molar refractivity (Wildman–Crippen MR) is 75.8 cm³/mol. The van der Waals surface area contributed by atoms with Gasteiger partial charge >= 0.3 is 0 Å². The molecule has 2 heterocycles. The molecule has 0 amide bonds. The lowest BCUT2D eigenvalue weighted by Gasteiger charge is -2.15. The van der Waals surface area contributed by atoms with Crippen molar-refractivity contribution in [2.24, 2.45) is 7.05 Å². The Labute approximate surface area is 118 Å². The zero-order valence-corrected chi connectivity index (χ0v) is 12.4. The van der Waals surface area contributed by atoms with E-state index in [0.717, 1.165) is 11.4 Å². The number of nitrogens with one attached hydrogen (secondary N) is 1. The monoisotopic (exact) mass is 295 g/mol. The number of rotatable bonds is 5. The molecular formula is C12H17N5O2S. The largest absolute Gasteiger partial charge is 0.362 e. The van der Waals surface area contributed by atoms with Gasteiger partial charge in [0.15, 0.2) is 0 Å². The van der Waals surface area contributed by atoms with E-state index in [0.29, 0.717) is 0 Å². The summed E-state index contributed by atoms with van der Waals surface area (Å²) in [5.41, 5.74) is 0.810. The molecule has 2 aromatic rings. The molecule has 0 bridgehead atoms. The summed E-state index contributed by atoms with van der Waals surface area (Å²) in [6.07, 6.45) is 4.45. The van der Waals surface area contributed by atoms with E-state index in [1.165, 1.54) is 17.1 Å². The fraction of sp³-hybridized carbons (Fsp3) is 0.333. The molecule has 1 N–H and O–H groups in total. The lowest BCUT2D eigenvalue weighted by molar-refractivity contribution is 0.581. The first kappa shape index (κ1) is 14.5. The lowest BCUT2D eigenvalue weighted by atomic mass is 10.2. The van der Waals surface area contributed by atoms with Crippen LogP contribution in [0.1, 0.15) is 5.56 Å². The Kier molecular flexibility index (Phi) is 4.05. The van der Waals surface area contributed by atoms with Crippen LogP contribution in [0.15, 0.2) is 35.6 Å². The molecule has 0 fully saturated rings. The Hall–Kier alpha value is -1.93. The molecular weight excluding hydrogens is 278 g/mol. The Morgan fingerprint density at radius 3 is 2.75 bits per heavy atom. The Balaban J connectivity index is 2.17. The van der Waals surface area contributed by atoms with Gasteiger partial charge in [0, 0.05) is 45.6 Å². The third kappa shape index (κ3) is 3.14. The number of aromatic nitrogens is 3. The van der Waals surface area contributed by atoms with Crippen LogP contribution in [0.4, 0.5) is 5.82 Å². The zero-order chi connectivity index (χ0) is 14.8. The van der Waals surface area contributed by atoms with Crippen molar-refractivity contribution < 1.29 is 8.42 Å². The van der Waals surface area contributed by atoms with Crippen molar-refractivity contribution in [3.63, 3.8) is 0 Å². The summed E-state index contributed by atoms with van der Waals surface area (Å²) < 4.78 is 28.2. The minimum atomic E-state index is -3.56.